The standard InChI is InChI=1S/C20H27ClN4OS.HI/c1-2-22-20(23-14-17(26)18-8-9-19(21)27-18)24-15-10-12-25(13-11-15)16-6-4-3-5-7-16;/h3-9,15,17,26H,2,10-14H2,1H3,(H2,22,23,24);1H. The molecule has 2 aromatic rings. The number of aliphatic hydroxyl groups is 1. The summed E-state index contributed by atoms with van der Waals surface area (Å²) in [7, 11) is 0. The van der Waals surface area contributed by atoms with Crippen LogP contribution in [0.15, 0.2) is 47.5 Å². The van der Waals surface area contributed by atoms with Crippen molar-refractivity contribution in [3.8, 4) is 0 Å². The van der Waals surface area contributed by atoms with Crippen LogP contribution >= 0.6 is 46.9 Å². The van der Waals surface area contributed by atoms with Gasteiger partial charge in [0.1, 0.15) is 6.10 Å². The molecule has 1 aromatic heterocycles. The van der Waals surface area contributed by atoms with E-state index in [1.807, 2.05) is 13.0 Å². The number of anilines is 1. The highest BCUT2D eigenvalue weighted by atomic mass is 127. The molecule has 0 saturated carbocycles. The molecule has 0 amide bonds. The second kappa shape index (κ2) is 11.8. The molecule has 1 fully saturated rings. The molecule has 1 aromatic carbocycles. The van der Waals surface area contributed by atoms with Gasteiger partial charge in [-0.15, -0.1) is 35.3 Å². The number of para-hydroxylation sites is 1. The predicted octanol–water partition coefficient (Wildman–Crippen LogP) is 4.28. The van der Waals surface area contributed by atoms with Crippen LogP contribution in [-0.2, 0) is 0 Å². The first-order chi connectivity index (χ1) is 13.2. The Labute approximate surface area is 193 Å². The molecule has 5 nitrogen and oxygen atoms in total. The van der Waals surface area contributed by atoms with Gasteiger partial charge in [-0.3, -0.25) is 4.99 Å². The van der Waals surface area contributed by atoms with Crippen molar-refractivity contribution in [1.29, 1.82) is 0 Å². The minimum absolute atomic E-state index is 0. The molecular formula is C20H28ClIN4OS. The fourth-order valence-corrected chi connectivity index (χ4v) is 4.25. The first-order valence-electron chi connectivity index (χ1n) is 9.44. The summed E-state index contributed by atoms with van der Waals surface area (Å²) in [5.74, 6) is 0.761. The van der Waals surface area contributed by atoms with Crippen molar-refractivity contribution in [3.05, 3.63) is 51.7 Å². The summed E-state index contributed by atoms with van der Waals surface area (Å²) in [5.41, 5.74) is 1.29. The second-order valence-electron chi connectivity index (χ2n) is 6.62. The van der Waals surface area contributed by atoms with E-state index in [0.29, 0.717) is 16.9 Å². The highest BCUT2D eigenvalue weighted by molar-refractivity contribution is 14.0. The third kappa shape index (κ3) is 6.79. The lowest BCUT2D eigenvalue weighted by Crippen LogP contribution is -2.48. The topological polar surface area (TPSA) is 59.9 Å². The lowest BCUT2D eigenvalue weighted by molar-refractivity contribution is 0.191. The fraction of sp³-hybridized carbons (Fsp3) is 0.450. The molecule has 3 rings (SSSR count). The number of hydrogen-bond donors (Lipinski definition) is 3. The monoisotopic (exact) mass is 534 g/mol. The zero-order valence-electron chi connectivity index (χ0n) is 16.0. The van der Waals surface area contributed by atoms with E-state index in [1.165, 1.54) is 17.0 Å². The van der Waals surface area contributed by atoms with Crippen LogP contribution < -0.4 is 15.5 Å². The molecule has 1 saturated heterocycles. The van der Waals surface area contributed by atoms with Crippen molar-refractivity contribution in [1.82, 2.24) is 10.6 Å². The Morgan fingerprint density at radius 1 is 1.25 bits per heavy atom. The van der Waals surface area contributed by atoms with Crippen molar-refractivity contribution in [2.45, 2.75) is 31.9 Å². The van der Waals surface area contributed by atoms with Gasteiger partial charge in [0, 0.05) is 36.2 Å². The molecule has 0 radical (unpaired) electrons. The SMILES string of the molecule is CCNC(=NCC(O)c1ccc(Cl)s1)NC1CCN(c2ccccc2)CC1.I. The molecule has 2 heterocycles. The maximum Gasteiger partial charge on any atom is 0.191 e. The lowest BCUT2D eigenvalue weighted by Gasteiger charge is -2.34. The molecule has 154 valence electrons. The van der Waals surface area contributed by atoms with Crippen molar-refractivity contribution >= 4 is 58.6 Å². The second-order valence-corrected chi connectivity index (χ2v) is 8.37. The van der Waals surface area contributed by atoms with Crippen LogP contribution in [0, 0.1) is 0 Å². The van der Waals surface area contributed by atoms with Crippen LogP contribution in [0.5, 0.6) is 0 Å². The number of aliphatic imine (C=N–C) groups is 1. The van der Waals surface area contributed by atoms with Gasteiger partial charge in [0.05, 0.1) is 10.9 Å². The Balaban J connectivity index is 0.00000280. The van der Waals surface area contributed by atoms with Gasteiger partial charge in [-0.1, -0.05) is 29.8 Å². The van der Waals surface area contributed by atoms with E-state index in [0.717, 1.165) is 43.3 Å². The van der Waals surface area contributed by atoms with E-state index < -0.39 is 6.10 Å². The number of thiophene rings is 1. The summed E-state index contributed by atoms with van der Waals surface area (Å²) >= 11 is 7.34. The molecule has 1 atom stereocenters. The molecule has 1 aliphatic rings. The predicted molar refractivity (Wildman–Crippen MR) is 130 cm³/mol. The van der Waals surface area contributed by atoms with E-state index in [4.69, 9.17) is 11.6 Å². The molecule has 3 N–H and O–H groups in total. The van der Waals surface area contributed by atoms with E-state index in [-0.39, 0.29) is 24.0 Å². The molecule has 1 aliphatic heterocycles. The third-order valence-corrected chi connectivity index (χ3v) is 5.98. The highest BCUT2D eigenvalue weighted by Gasteiger charge is 2.20. The van der Waals surface area contributed by atoms with Crippen LogP contribution in [0.4, 0.5) is 5.69 Å². The zero-order valence-corrected chi connectivity index (χ0v) is 19.9. The summed E-state index contributed by atoms with van der Waals surface area (Å²) in [6.07, 6.45) is 1.49. The lowest BCUT2D eigenvalue weighted by atomic mass is 10.0. The summed E-state index contributed by atoms with van der Waals surface area (Å²) in [6, 6.07) is 14.6. The number of piperidine rings is 1. The third-order valence-electron chi connectivity index (χ3n) is 4.65. The van der Waals surface area contributed by atoms with Crippen molar-refractivity contribution in [3.63, 3.8) is 0 Å². The van der Waals surface area contributed by atoms with Crippen LogP contribution in [0.3, 0.4) is 0 Å². The van der Waals surface area contributed by atoms with Crippen LogP contribution in [0.2, 0.25) is 4.34 Å². The average molecular weight is 535 g/mol. The fourth-order valence-electron chi connectivity index (χ4n) is 3.21. The van der Waals surface area contributed by atoms with Crippen molar-refractivity contribution < 1.29 is 5.11 Å². The smallest absolute Gasteiger partial charge is 0.191 e. The van der Waals surface area contributed by atoms with Gasteiger partial charge in [-0.25, -0.2) is 0 Å². The Kier molecular flexibility index (Phi) is 9.84. The summed E-state index contributed by atoms with van der Waals surface area (Å²) in [5, 5.41) is 17.1. The Bertz CT molecular complexity index is 735. The molecule has 1 unspecified atom stereocenters. The highest BCUT2D eigenvalue weighted by Crippen LogP contribution is 2.27. The van der Waals surface area contributed by atoms with Gasteiger partial charge in [0.2, 0.25) is 0 Å². The van der Waals surface area contributed by atoms with E-state index >= 15 is 0 Å². The van der Waals surface area contributed by atoms with Crippen molar-refractivity contribution in [2.75, 3.05) is 31.1 Å². The number of hydrogen-bond acceptors (Lipinski definition) is 4. The van der Waals surface area contributed by atoms with Gasteiger partial charge in [-0.2, -0.15) is 0 Å². The number of aliphatic hydroxyl groups excluding tert-OH is 1. The average Bonchev–Trinajstić information content (AvgIpc) is 3.14. The first kappa shape index (κ1) is 23.3. The summed E-state index contributed by atoms with van der Waals surface area (Å²) < 4.78 is 0.684. The van der Waals surface area contributed by atoms with Crippen LogP contribution in [0.1, 0.15) is 30.7 Å². The molecule has 8 heteroatoms. The number of halogens is 2. The van der Waals surface area contributed by atoms with Gasteiger partial charge in [0.15, 0.2) is 5.96 Å². The van der Waals surface area contributed by atoms with E-state index in [9.17, 15) is 5.11 Å². The Hall–Kier alpha value is -1.03. The maximum absolute atomic E-state index is 10.3. The van der Waals surface area contributed by atoms with E-state index in [2.05, 4.69) is 50.9 Å². The van der Waals surface area contributed by atoms with Gasteiger partial charge in [0.25, 0.3) is 0 Å². The van der Waals surface area contributed by atoms with Gasteiger partial charge >= 0.3 is 0 Å². The molecule has 28 heavy (non-hydrogen) atoms. The van der Waals surface area contributed by atoms with Crippen LogP contribution in [0.25, 0.3) is 0 Å². The largest absolute Gasteiger partial charge is 0.386 e. The Morgan fingerprint density at radius 2 is 1.96 bits per heavy atom. The molecule has 0 bridgehead atoms. The quantitative estimate of drug-likeness (QED) is 0.294. The molecule has 0 spiro atoms. The minimum Gasteiger partial charge on any atom is -0.386 e. The first-order valence-corrected chi connectivity index (χ1v) is 10.6. The van der Waals surface area contributed by atoms with Crippen LogP contribution in [-0.4, -0.2) is 43.3 Å². The van der Waals surface area contributed by atoms with Gasteiger partial charge in [-0.05, 0) is 44.0 Å². The Morgan fingerprint density at radius 3 is 2.57 bits per heavy atom. The van der Waals surface area contributed by atoms with Gasteiger partial charge < -0.3 is 20.6 Å². The molecular weight excluding hydrogens is 507 g/mol. The zero-order chi connectivity index (χ0) is 19.1. The number of nitrogens with zero attached hydrogens (tertiary/aromatic N) is 2. The number of rotatable bonds is 6. The summed E-state index contributed by atoms with van der Waals surface area (Å²) in [6.45, 7) is 5.20. The maximum atomic E-state index is 10.3. The minimum atomic E-state index is -0.627. The van der Waals surface area contributed by atoms with E-state index in [1.54, 1.807) is 6.07 Å². The van der Waals surface area contributed by atoms with Crippen molar-refractivity contribution in [2.24, 2.45) is 4.99 Å². The number of benzene rings is 1. The molecule has 0 aliphatic carbocycles. The normalized spacial score (nSPS) is 16.4. The summed E-state index contributed by atoms with van der Waals surface area (Å²) in [4.78, 5) is 7.83. The number of nitrogens with one attached hydrogen (secondary N) is 2. The number of guanidine groups is 1.